The van der Waals surface area contributed by atoms with Gasteiger partial charge in [-0.2, -0.15) is 0 Å². The fourth-order valence-electron chi connectivity index (χ4n) is 1.51. The highest BCUT2D eigenvalue weighted by Gasteiger charge is 2.18. The third kappa shape index (κ3) is 4.35. The second-order valence-corrected chi connectivity index (χ2v) is 6.53. The van der Waals surface area contributed by atoms with Crippen LogP contribution in [0.25, 0.3) is 0 Å². The van der Waals surface area contributed by atoms with E-state index >= 15 is 0 Å². The van der Waals surface area contributed by atoms with Crippen LogP contribution in [0.2, 0.25) is 0 Å². The van der Waals surface area contributed by atoms with Crippen LogP contribution in [0.4, 0.5) is 5.82 Å². The summed E-state index contributed by atoms with van der Waals surface area (Å²) in [5.41, 5.74) is 1.85. The minimum atomic E-state index is -0.0315. The van der Waals surface area contributed by atoms with Gasteiger partial charge >= 0.3 is 0 Å². The summed E-state index contributed by atoms with van der Waals surface area (Å²) in [5.74, 6) is 0.828. The summed E-state index contributed by atoms with van der Waals surface area (Å²) in [6, 6.07) is 3.87. The van der Waals surface area contributed by atoms with Crippen LogP contribution in [0.1, 0.15) is 52.8 Å². The predicted octanol–water partition coefficient (Wildman–Crippen LogP) is 3.08. The number of pyridine rings is 1. The van der Waals surface area contributed by atoms with Gasteiger partial charge in [0.1, 0.15) is 5.82 Å². The van der Waals surface area contributed by atoms with Gasteiger partial charge in [-0.05, 0) is 38.5 Å². The molecule has 1 heterocycles. The topological polar surface area (TPSA) is 45.1 Å². The van der Waals surface area contributed by atoms with E-state index in [0.717, 1.165) is 17.1 Å². The SMILES string of the molecule is CC(C)(C)Nc1cc(CO)cc(C(C)(C)C)n1. The van der Waals surface area contributed by atoms with Gasteiger partial charge in [0, 0.05) is 16.6 Å². The van der Waals surface area contributed by atoms with Gasteiger partial charge < -0.3 is 10.4 Å². The van der Waals surface area contributed by atoms with E-state index in [1.54, 1.807) is 0 Å². The van der Waals surface area contributed by atoms with Gasteiger partial charge in [0.05, 0.1) is 6.61 Å². The highest BCUT2D eigenvalue weighted by Crippen LogP contribution is 2.24. The minimum Gasteiger partial charge on any atom is -0.392 e. The first-order valence-corrected chi connectivity index (χ1v) is 6.02. The van der Waals surface area contributed by atoms with Gasteiger partial charge in [0.2, 0.25) is 0 Å². The summed E-state index contributed by atoms with van der Waals surface area (Å²) < 4.78 is 0. The number of anilines is 1. The molecule has 17 heavy (non-hydrogen) atoms. The molecule has 2 N–H and O–H groups in total. The highest BCUT2D eigenvalue weighted by atomic mass is 16.3. The van der Waals surface area contributed by atoms with E-state index in [1.165, 1.54) is 0 Å². The Kier molecular flexibility index (Phi) is 3.82. The maximum atomic E-state index is 9.29. The Morgan fingerprint density at radius 1 is 1.12 bits per heavy atom. The molecule has 0 bridgehead atoms. The summed E-state index contributed by atoms with van der Waals surface area (Å²) in [4.78, 5) is 4.62. The van der Waals surface area contributed by atoms with Crippen molar-refractivity contribution in [3.05, 3.63) is 23.4 Å². The molecule has 0 saturated heterocycles. The van der Waals surface area contributed by atoms with Crippen LogP contribution in [0, 0.1) is 0 Å². The van der Waals surface area contributed by atoms with Gasteiger partial charge in [-0.25, -0.2) is 4.98 Å². The molecule has 0 radical (unpaired) electrons. The number of nitrogens with one attached hydrogen (secondary N) is 1. The summed E-state index contributed by atoms with van der Waals surface area (Å²) >= 11 is 0. The van der Waals surface area contributed by atoms with Crippen molar-refractivity contribution < 1.29 is 5.11 Å². The Balaban J connectivity index is 3.15. The lowest BCUT2D eigenvalue weighted by Crippen LogP contribution is -2.27. The first-order chi connectivity index (χ1) is 7.62. The lowest BCUT2D eigenvalue weighted by atomic mass is 9.90. The van der Waals surface area contributed by atoms with Crippen molar-refractivity contribution in [2.75, 3.05) is 5.32 Å². The average Bonchev–Trinajstić information content (AvgIpc) is 2.13. The van der Waals surface area contributed by atoms with Crippen molar-refractivity contribution in [1.82, 2.24) is 4.98 Å². The molecule has 0 saturated carbocycles. The Bertz CT molecular complexity index is 386. The summed E-state index contributed by atoms with van der Waals surface area (Å²) in [6.07, 6.45) is 0. The molecule has 96 valence electrons. The zero-order valence-electron chi connectivity index (χ0n) is 11.8. The van der Waals surface area contributed by atoms with Crippen molar-refractivity contribution >= 4 is 5.82 Å². The van der Waals surface area contributed by atoms with Gasteiger partial charge in [-0.3, -0.25) is 0 Å². The Labute approximate surface area is 104 Å². The summed E-state index contributed by atoms with van der Waals surface area (Å²) in [7, 11) is 0. The number of hydrogen-bond acceptors (Lipinski definition) is 3. The van der Waals surface area contributed by atoms with Crippen molar-refractivity contribution in [2.45, 2.75) is 59.1 Å². The normalized spacial score (nSPS) is 12.6. The second-order valence-electron chi connectivity index (χ2n) is 6.53. The Morgan fingerprint density at radius 3 is 2.12 bits per heavy atom. The molecule has 0 amide bonds. The van der Waals surface area contributed by atoms with Crippen molar-refractivity contribution in [3.63, 3.8) is 0 Å². The number of aromatic nitrogens is 1. The van der Waals surface area contributed by atoms with Crippen molar-refractivity contribution in [1.29, 1.82) is 0 Å². The van der Waals surface area contributed by atoms with Crippen LogP contribution < -0.4 is 5.32 Å². The lowest BCUT2D eigenvalue weighted by Gasteiger charge is -2.24. The molecule has 0 aliphatic carbocycles. The first kappa shape index (κ1) is 14.0. The van der Waals surface area contributed by atoms with Crippen molar-refractivity contribution in [3.8, 4) is 0 Å². The van der Waals surface area contributed by atoms with Gasteiger partial charge in [0.15, 0.2) is 0 Å². The maximum absolute atomic E-state index is 9.29. The minimum absolute atomic E-state index is 0.0144. The monoisotopic (exact) mass is 236 g/mol. The second kappa shape index (κ2) is 4.65. The van der Waals surface area contributed by atoms with Gasteiger partial charge in [0.25, 0.3) is 0 Å². The van der Waals surface area contributed by atoms with E-state index in [0.29, 0.717) is 0 Å². The molecule has 3 heteroatoms. The van der Waals surface area contributed by atoms with Gasteiger partial charge in [-0.15, -0.1) is 0 Å². The Morgan fingerprint density at radius 2 is 1.71 bits per heavy atom. The van der Waals surface area contributed by atoms with Crippen molar-refractivity contribution in [2.24, 2.45) is 0 Å². The molecule has 1 rings (SSSR count). The molecule has 0 unspecified atom stereocenters. The molecular weight excluding hydrogens is 212 g/mol. The third-order valence-electron chi connectivity index (χ3n) is 2.34. The molecular formula is C14H24N2O. The molecule has 1 aromatic rings. The molecule has 0 fully saturated rings. The summed E-state index contributed by atoms with van der Waals surface area (Å²) in [6.45, 7) is 12.7. The van der Waals surface area contributed by atoms with E-state index in [-0.39, 0.29) is 17.6 Å². The van der Waals surface area contributed by atoms with Crippen LogP contribution in [0.15, 0.2) is 12.1 Å². The smallest absolute Gasteiger partial charge is 0.126 e. The van der Waals surface area contributed by atoms with E-state index in [9.17, 15) is 5.11 Å². The van der Waals surface area contributed by atoms with E-state index in [2.05, 4.69) is 51.8 Å². The number of aliphatic hydroxyl groups is 1. The zero-order chi connectivity index (χ0) is 13.3. The lowest BCUT2D eigenvalue weighted by molar-refractivity contribution is 0.281. The molecule has 0 atom stereocenters. The standard InChI is InChI=1S/C14H24N2O/c1-13(2,3)11-7-10(9-17)8-12(15-11)16-14(4,5)6/h7-8,17H,9H2,1-6H3,(H,15,16). The highest BCUT2D eigenvalue weighted by molar-refractivity contribution is 5.42. The predicted molar refractivity (Wildman–Crippen MR) is 72.2 cm³/mol. The number of rotatable bonds is 2. The number of nitrogens with zero attached hydrogens (tertiary/aromatic N) is 1. The van der Waals surface area contributed by atoms with Gasteiger partial charge in [-0.1, -0.05) is 20.8 Å². The van der Waals surface area contributed by atoms with E-state index in [1.807, 2.05) is 12.1 Å². The fourth-order valence-corrected chi connectivity index (χ4v) is 1.51. The van der Waals surface area contributed by atoms with Crippen LogP contribution in [0.3, 0.4) is 0 Å². The van der Waals surface area contributed by atoms with Crippen LogP contribution in [-0.2, 0) is 12.0 Å². The van der Waals surface area contributed by atoms with Crippen LogP contribution >= 0.6 is 0 Å². The largest absolute Gasteiger partial charge is 0.392 e. The van der Waals surface area contributed by atoms with Crippen LogP contribution in [-0.4, -0.2) is 15.6 Å². The number of hydrogen-bond donors (Lipinski definition) is 2. The molecule has 0 aromatic carbocycles. The molecule has 0 aliphatic rings. The molecule has 3 nitrogen and oxygen atoms in total. The fraction of sp³-hybridized carbons (Fsp3) is 0.643. The van der Waals surface area contributed by atoms with Crippen LogP contribution in [0.5, 0.6) is 0 Å². The first-order valence-electron chi connectivity index (χ1n) is 6.02. The molecule has 0 aliphatic heterocycles. The Hall–Kier alpha value is -1.09. The maximum Gasteiger partial charge on any atom is 0.126 e. The third-order valence-corrected chi connectivity index (χ3v) is 2.34. The number of aliphatic hydroxyl groups excluding tert-OH is 1. The molecule has 1 aromatic heterocycles. The van der Waals surface area contributed by atoms with E-state index < -0.39 is 0 Å². The quantitative estimate of drug-likeness (QED) is 0.829. The summed E-state index contributed by atoms with van der Waals surface area (Å²) in [5, 5.41) is 12.6. The molecule has 0 spiro atoms. The van der Waals surface area contributed by atoms with E-state index in [4.69, 9.17) is 0 Å². The zero-order valence-corrected chi connectivity index (χ0v) is 11.8. The average molecular weight is 236 g/mol.